The summed E-state index contributed by atoms with van der Waals surface area (Å²) in [6.45, 7) is -0.914. The minimum Gasteiger partial charge on any atom is -0.476 e. The third-order valence-electron chi connectivity index (χ3n) is 2.16. The third kappa shape index (κ3) is 1.79. The monoisotopic (exact) mass is 221 g/mol. The highest BCUT2D eigenvalue weighted by molar-refractivity contribution is 6.01. The topological polar surface area (TPSA) is 59.4 Å². The minimum absolute atomic E-state index is 0.0238. The number of alkyl halides is 1. The quantitative estimate of drug-likeness (QED) is 0.863. The van der Waals surface area contributed by atoms with E-state index in [0.29, 0.717) is 16.5 Å². The molecule has 0 saturated heterocycles. The van der Waals surface area contributed by atoms with Crippen molar-refractivity contribution in [3.63, 3.8) is 0 Å². The zero-order valence-corrected chi connectivity index (χ0v) is 8.18. The first-order valence-electron chi connectivity index (χ1n) is 4.53. The summed E-state index contributed by atoms with van der Waals surface area (Å²) in [6, 6.07) is 6.28. The summed E-state index contributed by atoms with van der Waals surface area (Å²) in [5.41, 5.74) is -0.0238. The number of fused-ring (bicyclic) bond motifs is 1. The van der Waals surface area contributed by atoms with E-state index in [1.807, 2.05) is 0 Å². The molecule has 16 heavy (non-hydrogen) atoms. The van der Waals surface area contributed by atoms with E-state index in [0.717, 1.165) is 0 Å². The molecular weight excluding hydrogens is 213 g/mol. The van der Waals surface area contributed by atoms with Crippen LogP contribution in [-0.4, -0.2) is 22.9 Å². The summed E-state index contributed by atoms with van der Waals surface area (Å²) >= 11 is 0. The Morgan fingerprint density at radius 2 is 2.25 bits per heavy atom. The van der Waals surface area contributed by atoms with Gasteiger partial charge >= 0.3 is 5.97 Å². The number of hydrogen-bond acceptors (Lipinski definition) is 3. The van der Waals surface area contributed by atoms with Gasteiger partial charge in [-0.2, -0.15) is 0 Å². The molecule has 0 aliphatic heterocycles. The summed E-state index contributed by atoms with van der Waals surface area (Å²) in [6.07, 6.45) is 1.39. The van der Waals surface area contributed by atoms with Gasteiger partial charge in [-0.3, -0.25) is 0 Å². The van der Waals surface area contributed by atoms with Crippen LogP contribution in [0.5, 0.6) is 5.75 Å². The predicted molar refractivity (Wildman–Crippen MR) is 55.3 cm³/mol. The molecule has 0 aliphatic carbocycles. The SMILES string of the molecule is O=C(O)c1nccc2cc(OCF)ccc12. The predicted octanol–water partition coefficient (Wildman–Crippen LogP) is 2.24. The van der Waals surface area contributed by atoms with Crippen LogP contribution in [0, 0.1) is 0 Å². The van der Waals surface area contributed by atoms with Crippen molar-refractivity contribution in [1.82, 2.24) is 4.98 Å². The molecule has 0 aliphatic rings. The molecule has 5 heteroatoms. The number of benzene rings is 1. The van der Waals surface area contributed by atoms with Crippen molar-refractivity contribution in [2.75, 3.05) is 6.86 Å². The molecule has 1 aromatic carbocycles. The van der Waals surface area contributed by atoms with Crippen LogP contribution in [0.2, 0.25) is 0 Å². The number of hydrogen-bond donors (Lipinski definition) is 1. The molecule has 4 nitrogen and oxygen atoms in total. The molecule has 82 valence electrons. The summed E-state index contributed by atoms with van der Waals surface area (Å²) in [4.78, 5) is 14.6. The van der Waals surface area contributed by atoms with Crippen LogP contribution in [0.15, 0.2) is 30.5 Å². The van der Waals surface area contributed by atoms with Gasteiger partial charge in [0.1, 0.15) is 5.75 Å². The number of rotatable bonds is 3. The number of halogens is 1. The van der Waals surface area contributed by atoms with E-state index >= 15 is 0 Å². The van der Waals surface area contributed by atoms with E-state index in [9.17, 15) is 9.18 Å². The van der Waals surface area contributed by atoms with Crippen molar-refractivity contribution >= 4 is 16.7 Å². The van der Waals surface area contributed by atoms with Gasteiger partial charge in [-0.1, -0.05) is 0 Å². The van der Waals surface area contributed by atoms with E-state index in [-0.39, 0.29) is 5.69 Å². The fraction of sp³-hybridized carbons (Fsp3) is 0.0909. The van der Waals surface area contributed by atoms with Crippen LogP contribution in [0.4, 0.5) is 4.39 Å². The Labute approximate surface area is 90.3 Å². The summed E-state index contributed by atoms with van der Waals surface area (Å²) in [7, 11) is 0. The van der Waals surface area contributed by atoms with Gasteiger partial charge in [0.2, 0.25) is 6.86 Å². The van der Waals surface area contributed by atoms with Crippen molar-refractivity contribution in [3.05, 3.63) is 36.2 Å². The molecule has 0 bridgehead atoms. The highest BCUT2D eigenvalue weighted by atomic mass is 19.1. The number of aromatic nitrogens is 1. The van der Waals surface area contributed by atoms with Gasteiger partial charge in [-0.15, -0.1) is 0 Å². The fourth-order valence-electron chi connectivity index (χ4n) is 1.48. The standard InChI is InChI=1S/C11H8FNO3/c12-6-16-8-1-2-9-7(5-8)3-4-13-10(9)11(14)15/h1-5H,6H2,(H,14,15). The van der Waals surface area contributed by atoms with Gasteiger partial charge in [0.25, 0.3) is 0 Å². The van der Waals surface area contributed by atoms with Crippen LogP contribution >= 0.6 is 0 Å². The van der Waals surface area contributed by atoms with E-state index in [2.05, 4.69) is 9.72 Å². The first-order valence-corrected chi connectivity index (χ1v) is 4.53. The van der Waals surface area contributed by atoms with Crippen molar-refractivity contribution in [2.45, 2.75) is 0 Å². The van der Waals surface area contributed by atoms with Gasteiger partial charge < -0.3 is 9.84 Å². The average Bonchev–Trinajstić information content (AvgIpc) is 2.28. The number of ether oxygens (including phenoxy) is 1. The smallest absolute Gasteiger partial charge is 0.355 e. The fourth-order valence-corrected chi connectivity index (χ4v) is 1.48. The lowest BCUT2D eigenvalue weighted by Gasteiger charge is -2.04. The number of aromatic carboxylic acids is 1. The second kappa shape index (κ2) is 4.14. The first kappa shape index (κ1) is 10.4. The Kier molecular flexibility index (Phi) is 2.68. The molecule has 0 atom stereocenters. The number of carbonyl (C=O) groups is 1. The van der Waals surface area contributed by atoms with Crippen molar-refractivity contribution in [1.29, 1.82) is 0 Å². The Hall–Kier alpha value is -2.17. The summed E-state index contributed by atoms with van der Waals surface area (Å²) < 4.78 is 16.6. The van der Waals surface area contributed by atoms with E-state index in [4.69, 9.17) is 5.11 Å². The van der Waals surface area contributed by atoms with Crippen molar-refractivity contribution in [3.8, 4) is 5.75 Å². The molecule has 2 aromatic rings. The number of pyridine rings is 1. The molecule has 2 rings (SSSR count). The third-order valence-corrected chi connectivity index (χ3v) is 2.16. The zero-order valence-electron chi connectivity index (χ0n) is 8.18. The zero-order chi connectivity index (χ0) is 11.5. The van der Waals surface area contributed by atoms with Gasteiger partial charge in [-0.05, 0) is 29.7 Å². The van der Waals surface area contributed by atoms with Crippen LogP contribution in [0.1, 0.15) is 10.5 Å². The lowest BCUT2D eigenvalue weighted by atomic mass is 10.1. The summed E-state index contributed by atoms with van der Waals surface area (Å²) in [5.74, 6) is -0.734. The van der Waals surface area contributed by atoms with Crippen molar-refractivity contribution in [2.24, 2.45) is 0 Å². The van der Waals surface area contributed by atoms with Crippen LogP contribution in [0.3, 0.4) is 0 Å². The number of nitrogens with zero attached hydrogens (tertiary/aromatic N) is 1. The lowest BCUT2D eigenvalue weighted by Crippen LogP contribution is -2.00. The Balaban J connectivity index is 2.59. The second-order valence-corrected chi connectivity index (χ2v) is 3.10. The molecule has 1 aromatic heterocycles. The average molecular weight is 221 g/mol. The maximum absolute atomic E-state index is 12.0. The van der Waals surface area contributed by atoms with Crippen LogP contribution in [-0.2, 0) is 0 Å². The van der Waals surface area contributed by atoms with Gasteiger partial charge in [0.05, 0.1) is 0 Å². The maximum Gasteiger partial charge on any atom is 0.355 e. The normalized spacial score (nSPS) is 10.3. The molecule has 1 N–H and O–H groups in total. The van der Waals surface area contributed by atoms with Crippen LogP contribution in [0.25, 0.3) is 10.8 Å². The Bertz CT molecular complexity index is 542. The van der Waals surface area contributed by atoms with E-state index in [1.54, 1.807) is 18.2 Å². The molecular formula is C11H8FNO3. The maximum atomic E-state index is 12.0. The molecule has 0 spiro atoms. The molecule has 0 unspecified atom stereocenters. The Morgan fingerprint density at radius 1 is 1.44 bits per heavy atom. The highest BCUT2D eigenvalue weighted by Crippen LogP contribution is 2.22. The van der Waals surface area contributed by atoms with Crippen molar-refractivity contribution < 1.29 is 19.0 Å². The molecule has 0 radical (unpaired) electrons. The number of carboxylic acid groups (broad SMARTS) is 1. The van der Waals surface area contributed by atoms with Gasteiger partial charge in [-0.25, -0.2) is 14.2 Å². The summed E-state index contributed by atoms with van der Waals surface area (Å²) in [5, 5.41) is 10.1. The minimum atomic E-state index is -1.09. The molecule has 0 amide bonds. The van der Waals surface area contributed by atoms with Gasteiger partial charge in [0, 0.05) is 11.6 Å². The molecule has 0 fully saturated rings. The number of carboxylic acids is 1. The van der Waals surface area contributed by atoms with Crippen LogP contribution < -0.4 is 4.74 Å². The van der Waals surface area contributed by atoms with Gasteiger partial charge in [0.15, 0.2) is 5.69 Å². The lowest BCUT2D eigenvalue weighted by molar-refractivity contribution is 0.0693. The second-order valence-electron chi connectivity index (χ2n) is 3.10. The largest absolute Gasteiger partial charge is 0.476 e. The Morgan fingerprint density at radius 3 is 2.94 bits per heavy atom. The first-order chi connectivity index (χ1) is 7.72. The molecule has 1 heterocycles. The van der Waals surface area contributed by atoms with E-state index < -0.39 is 12.8 Å². The molecule has 0 saturated carbocycles. The highest BCUT2D eigenvalue weighted by Gasteiger charge is 2.09. The van der Waals surface area contributed by atoms with E-state index in [1.165, 1.54) is 12.3 Å².